The summed E-state index contributed by atoms with van der Waals surface area (Å²) in [7, 11) is 3.04. The van der Waals surface area contributed by atoms with Crippen LogP contribution in [0.2, 0.25) is 0 Å². The van der Waals surface area contributed by atoms with Gasteiger partial charge in [-0.2, -0.15) is 0 Å². The van der Waals surface area contributed by atoms with Crippen molar-refractivity contribution >= 4 is 6.29 Å². The molecule has 0 spiro atoms. The molecule has 0 unspecified atom stereocenters. The molecule has 0 fully saturated rings. The number of hydrogen-bond acceptors (Lipinski definition) is 4. The smallest absolute Gasteiger partial charge is 0.239 e. The van der Waals surface area contributed by atoms with Gasteiger partial charge in [0.25, 0.3) is 0 Å². The van der Waals surface area contributed by atoms with E-state index in [-0.39, 0.29) is 6.61 Å². The Kier molecular flexibility index (Phi) is 3.79. The molecular formula is C10H11O4. The molecule has 0 aliphatic carbocycles. The second kappa shape index (κ2) is 5.11. The van der Waals surface area contributed by atoms with Gasteiger partial charge < -0.3 is 14.2 Å². The Morgan fingerprint density at radius 3 is 2.50 bits per heavy atom. The first-order valence-corrected chi connectivity index (χ1v) is 4.02. The van der Waals surface area contributed by atoms with Gasteiger partial charge in [-0.15, -0.1) is 0 Å². The molecule has 1 radical (unpaired) electrons. The van der Waals surface area contributed by atoms with Gasteiger partial charge in [-0.25, -0.2) is 0 Å². The SMILES string of the molecule is COc1cccc(OC[C]=O)c1OC. The van der Waals surface area contributed by atoms with E-state index in [0.29, 0.717) is 17.2 Å². The molecule has 0 saturated heterocycles. The number of methoxy groups -OCH3 is 2. The highest BCUT2D eigenvalue weighted by Gasteiger charge is 2.09. The average Bonchev–Trinajstić information content (AvgIpc) is 2.25. The van der Waals surface area contributed by atoms with Crippen LogP contribution >= 0.6 is 0 Å². The second-order valence-electron chi connectivity index (χ2n) is 2.42. The highest BCUT2D eigenvalue weighted by molar-refractivity contribution is 5.55. The van der Waals surface area contributed by atoms with Crippen LogP contribution in [0.1, 0.15) is 0 Å². The van der Waals surface area contributed by atoms with Crippen LogP contribution in [0.5, 0.6) is 17.2 Å². The van der Waals surface area contributed by atoms with Crippen LogP contribution in [0.25, 0.3) is 0 Å². The molecule has 0 amide bonds. The third-order valence-corrected chi connectivity index (χ3v) is 1.65. The standard InChI is InChI=1S/C10H11O4/c1-12-8-4-3-5-9(10(8)13-2)14-7-6-11/h3-5H,7H2,1-2H3. The van der Waals surface area contributed by atoms with E-state index in [9.17, 15) is 4.79 Å². The Labute approximate surface area is 82.4 Å². The van der Waals surface area contributed by atoms with E-state index >= 15 is 0 Å². The summed E-state index contributed by atoms with van der Waals surface area (Å²) in [6.45, 7) is -0.122. The molecule has 0 heterocycles. The molecule has 1 aromatic carbocycles. The van der Waals surface area contributed by atoms with E-state index in [1.54, 1.807) is 24.5 Å². The molecule has 14 heavy (non-hydrogen) atoms. The van der Waals surface area contributed by atoms with Crippen LogP contribution in [0.3, 0.4) is 0 Å². The Hall–Kier alpha value is -1.71. The third-order valence-electron chi connectivity index (χ3n) is 1.65. The lowest BCUT2D eigenvalue weighted by Crippen LogP contribution is -2.00. The van der Waals surface area contributed by atoms with Gasteiger partial charge in [0.1, 0.15) is 0 Å². The van der Waals surface area contributed by atoms with Gasteiger partial charge in [0, 0.05) is 0 Å². The molecule has 0 atom stereocenters. The van der Waals surface area contributed by atoms with Gasteiger partial charge >= 0.3 is 0 Å². The van der Waals surface area contributed by atoms with Gasteiger partial charge in [0.05, 0.1) is 14.2 Å². The minimum Gasteiger partial charge on any atom is -0.493 e. The third kappa shape index (κ3) is 2.16. The maximum Gasteiger partial charge on any atom is 0.239 e. The zero-order valence-corrected chi connectivity index (χ0v) is 8.07. The fourth-order valence-corrected chi connectivity index (χ4v) is 1.08. The van der Waals surface area contributed by atoms with Gasteiger partial charge in [-0.3, -0.25) is 4.79 Å². The lowest BCUT2D eigenvalue weighted by atomic mass is 10.3. The highest BCUT2D eigenvalue weighted by atomic mass is 16.5. The fraction of sp³-hybridized carbons (Fsp3) is 0.300. The number of rotatable bonds is 5. The molecule has 4 nitrogen and oxygen atoms in total. The van der Waals surface area contributed by atoms with E-state index in [0.717, 1.165) is 0 Å². The van der Waals surface area contributed by atoms with Gasteiger partial charge in [0.15, 0.2) is 18.1 Å². The summed E-state index contributed by atoms with van der Waals surface area (Å²) >= 11 is 0. The zero-order valence-electron chi connectivity index (χ0n) is 8.07. The predicted octanol–water partition coefficient (Wildman–Crippen LogP) is 1.19. The molecule has 0 bridgehead atoms. The molecule has 75 valence electrons. The molecule has 0 aromatic heterocycles. The van der Waals surface area contributed by atoms with Crippen LogP contribution < -0.4 is 14.2 Å². The van der Waals surface area contributed by atoms with Crippen molar-refractivity contribution in [2.45, 2.75) is 0 Å². The Balaban J connectivity index is 2.95. The normalized spacial score (nSPS) is 9.29. The lowest BCUT2D eigenvalue weighted by Gasteiger charge is -2.11. The number of para-hydroxylation sites is 1. The van der Waals surface area contributed by atoms with Crippen molar-refractivity contribution in [3.63, 3.8) is 0 Å². The quantitative estimate of drug-likeness (QED) is 0.708. The van der Waals surface area contributed by atoms with E-state index in [4.69, 9.17) is 14.2 Å². The van der Waals surface area contributed by atoms with Crippen molar-refractivity contribution in [3.8, 4) is 17.2 Å². The molecule has 1 rings (SSSR count). The van der Waals surface area contributed by atoms with Gasteiger partial charge in [-0.05, 0) is 12.1 Å². The molecule has 0 aliphatic heterocycles. The summed E-state index contributed by atoms with van der Waals surface area (Å²) in [5.41, 5.74) is 0. The maximum absolute atomic E-state index is 10.0. The predicted molar refractivity (Wildman–Crippen MR) is 50.7 cm³/mol. The van der Waals surface area contributed by atoms with Crippen molar-refractivity contribution in [1.29, 1.82) is 0 Å². The van der Waals surface area contributed by atoms with E-state index in [2.05, 4.69) is 0 Å². The highest BCUT2D eigenvalue weighted by Crippen LogP contribution is 2.36. The number of carbonyl (C=O) groups excluding carboxylic acids is 1. The summed E-state index contributed by atoms with van der Waals surface area (Å²) in [5.74, 6) is 1.51. The molecule has 0 aliphatic rings. The minimum atomic E-state index is -0.122. The number of benzene rings is 1. The van der Waals surface area contributed by atoms with Crippen LogP contribution in [0, 0.1) is 0 Å². The van der Waals surface area contributed by atoms with Gasteiger partial charge in [-0.1, -0.05) is 6.07 Å². The largest absolute Gasteiger partial charge is 0.493 e. The zero-order chi connectivity index (χ0) is 10.4. The molecule has 1 aromatic rings. The van der Waals surface area contributed by atoms with E-state index in [1.807, 2.05) is 0 Å². The van der Waals surface area contributed by atoms with Crippen molar-refractivity contribution in [2.75, 3.05) is 20.8 Å². The second-order valence-corrected chi connectivity index (χ2v) is 2.42. The molecule has 0 saturated carbocycles. The summed E-state index contributed by atoms with van der Waals surface area (Å²) in [5, 5.41) is 0. The maximum atomic E-state index is 10.0. The van der Waals surface area contributed by atoms with Crippen molar-refractivity contribution in [1.82, 2.24) is 0 Å². The van der Waals surface area contributed by atoms with Crippen LogP contribution in [0.15, 0.2) is 18.2 Å². The summed E-state index contributed by atoms with van der Waals surface area (Å²) in [6, 6.07) is 5.19. The van der Waals surface area contributed by atoms with Crippen LogP contribution in [-0.4, -0.2) is 27.1 Å². The van der Waals surface area contributed by atoms with Crippen molar-refractivity contribution in [2.24, 2.45) is 0 Å². The number of ether oxygens (including phenoxy) is 3. The first-order valence-electron chi connectivity index (χ1n) is 4.02. The molecular weight excluding hydrogens is 184 g/mol. The molecule has 0 N–H and O–H groups in total. The summed E-state index contributed by atoms with van der Waals surface area (Å²) in [4.78, 5) is 10.0. The van der Waals surface area contributed by atoms with Crippen LogP contribution in [-0.2, 0) is 4.79 Å². The average molecular weight is 195 g/mol. The Bertz CT molecular complexity index is 309. The monoisotopic (exact) mass is 195 g/mol. The first-order chi connectivity index (χ1) is 6.83. The Morgan fingerprint density at radius 2 is 1.93 bits per heavy atom. The van der Waals surface area contributed by atoms with Gasteiger partial charge in [0.2, 0.25) is 12.0 Å². The van der Waals surface area contributed by atoms with E-state index in [1.165, 1.54) is 14.2 Å². The van der Waals surface area contributed by atoms with E-state index < -0.39 is 0 Å². The first kappa shape index (κ1) is 10.4. The molecule has 4 heteroatoms. The van der Waals surface area contributed by atoms with Crippen LogP contribution in [0.4, 0.5) is 0 Å². The lowest BCUT2D eigenvalue weighted by molar-refractivity contribution is 0.310. The fourth-order valence-electron chi connectivity index (χ4n) is 1.08. The topological polar surface area (TPSA) is 44.8 Å². The summed E-state index contributed by atoms with van der Waals surface area (Å²) < 4.78 is 15.2. The Morgan fingerprint density at radius 1 is 1.21 bits per heavy atom. The van der Waals surface area contributed by atoms with Crippen molar-refractivity contribution in [3.05, 3.63) is 18.2 Å². The number of hydrogen-bond donors (Lipinski definition) is 0. The summed E-state index contributed by atoms with van der Waals surface area (Å²) in [6.07, 6.45) is 1.64. The minimum absolute atomic E-state index is 0.122. The van der Waals surface area contributed by atoms with Crippen molar-refractivity contribution < 1.29 is 19.0 Å².